The zero-order valence-electron chi connectivity index (χ0n) is 14.0. The first-order valence-corrected chi connectivity index (χ1v) is 9.72. The van der Waals surface area contributed by atoms with Gasteiger partial charge in [0.2, 0.25) is 10.0 Å². The lowest BCUT2D eigenvalue weighted by atomic mass is 10.1. The molecule has 0 saturated heterocycles. The lowest BCUT2D eigenvalue weighted by molar-refractivity contribution is 0.305. The van der Waals surface area contributed by atoms with Gasteiger partial charge in [0, 0.05) is 25.2 Å². The van der Waals surface area contributed by atoms with Crippen LogP contribution in [0.1, 0.15) is 16.7 Å². The lowest BCUT2D eigenvalue weighted by Crippen LogP contribution is -2.30. The topological polar surface area (TPSA) is 91.2 Å². The fraction of sp³-hybridized carbons (Fsp3) is 0.278. The first kappa shape index (κ1) is 18.9. The van der Waals surface area contributed by atoms with Crippen molar-refractivity contribution >= 4 is 10.0 Å². The Kier molecular flexibility index (Phi) is 6.95. The van der Waals surface area contributed by atoms with Gasteiger partial charge in [-0.2, -0.15) is 5.26 Å². The average Bonchev–Trinajstić information content (AvgIpc) is 2.59. The van der Waals surface area contributed by atoms with Crippen molar-refractivity contribution in [1.82, 2.24) is 10.0 Å². The van der Waals surface area contributed by atoms with E-state index in [9.17, 15) is 8.42 Å². The first-order chi connectivity index (χ1) is 12.0. The van der Waals surface area contributed by atoms with Crippen LogP contribution in [0.5, 0.6) is 5.75 Å². The fourth-order valence-electron chi connectivity index (χ4n) is 2.22. The predicted octanol–water partition coefficient (Wildman–Crippen LogP) is 1.78. The van der Waals surface area contributed by atoms with E-state index in [0.29, 0.717) is 31.8 Å². The van der Waals surface area contributed by atoms with Crippen molar-refractivity contribution in [1.29, 1.82) is 5.26 Å². The van der Waals surface area contributed by atoms with E-state index in [0.717, 1.165) is 23.1 Å². The normalized spacial score (nSPS) is 11.0. The Labute approximate surface area is 148 Å². The number of hydrogen-bond acceptors (Lipinski definition) is 5. The molecule has 0 heterocycles. The van der Waals surface area contributed by atoms with Gasteiger partial charge < -0.3 is 10.1 Å². The molecule has 0 amide bonds. The van der Waals surface area contributed by atoms with Crippen molar-refractivity contribution in [3.8, 4) is 11.8 Å². The van der Waals surface area contributed by atoms with E-state index < -0.39 is 10.0 Å². The summed E-state index contributed by atoms with van der Waals surface area (Å²) in [6.07, 6.45) is 1.14. The van der Waals surface area contributed by atoms with Crippen molar-refractivity contribution in [3.63, 3.8) is 0 Å². The maximum Gasteiger partial charge on any atom is 0.208 e. The molecule has 0 spiro atoms. The second-order valence-electron chi connectivity index (χ2n) is 5.55. The highest BCUT2D eigenvalue weighted by Gasteiger charge is 2.03. The quantitative estimate of drug-likeness (QED) is 0.666. The van der Waals surface area contributed by atoms with Crippen LogP contribution in [-0.4, -0.2) is 27.8 Å². The molecule has 2 aromatic carbocycles. The minimum Gasteiger partial charge on any atom is -0.489 e. The second kappa shape index (κ2) is 9.18. The Morgan fingerprint density at radius 3 is 2.68 bits per heavy atom. The summed E-state index contributed by atoms with van der Waals surface area (Å²) in [7, 11) is -3.15. The van der Waals surface area contributed by atoms with Crippen LogP contribution in [-0.2, 0) is 23.2 Å². The molecular formula is C18H21N3O3S. The summed E-state index contributed by atoms with van der Waals surface area (Å²) in [5, 5.41) is 12.3. The third-order valence-corrected chi connectivity index (χ3v) is 4.15. The van der Waals surface area contributed by atoms with Crippen LogP contribution in [0.2, 0.25) is 0 Å². The van der Waals surface area contributed by atoms with Crippen molar-refractivity contribution in [2.75, 3.05) is 19.3 Å². The molecule has 132 valence electrons. The van der Waals surface area contributed by atoms with Crippen LogP contribution in [0, 0.1) is 11.3 Å². The minimum absolute atomic E-state index is 0.332. The molecular weight excluding hydrogens is 338 g/mol. The smallest absolute Gasteiger partial charge is 0.208 e. The maximum atomic E-state index is 11.0. The monoisotopic (exact) mass is 359 g/mol. The minimum atomic E-state index is -3.15. The molecule has 2 aromatic rings. The van der Waals surface area contributed by atoms with Gasteiger partial charge in [-0.15, -0.1) is 0 Å². The first-order valence-electron chi connectivity index (χ1n) is 7.83. The molecule has 0 aliphatic rings. The van der Waals surface area contributed by atoms with Crippen LogP contribution in [0.3, 0.4) is 0 Å². The molecule has 2 rings (SSSR count). The van der Waals surface area contributed by atoms with Crippen LogP contribution in [0.4, 0.5) is 0 Å². The molecule has 0 aliphatic heterocycles. The Balaban J connectivity index is 1.83. The van der Waals surface area contributed by atoms with Gasteiger partial charge in [-0.25, -0.2) is 13.1 Å². The van der Waals surface area contributed by atoms with Crippen LogP contribution in [0.25, 0.3) is 0 Å². The van der Waals surface area contributed by atoms with Crippen molar-refractivity contribution in [2.45, 2.75) is 13.2 Å². The van der Waals surface area contributed by atoms with Gasteiger partial charge in [0.25, 0.3) is 0 Å². The summed E-state index contributed by atoms with van der Waals surface area (Å²) in [6, 6.07) is 17.2. The van der Waals surface area contributed by atoms with Crippen LogP contribution >= 0.6 is 0 Å². The molecule has 6 nitrogen and oxygen atoms in total. The molecule has 0 aliphatic carbocycles. The number of nitrogens with one attached hydrogen (secondary N) is 2. The zero-order chi connectivity index (χ0) is 18.1. The Morgan fingerprint density at radius 2 is 1.92 bits per heavy atom. The van der Waals surface area contributed by atoms with Gasteiger partial charge in [0.05, 0.1) is 17.9 Å². The highest BCUT2D eigenvalue weighted by molar-refractivity contribution is 7.88. The van der Waals surface area contributed by atoms with E-state index in [-0.39, 0.29) is 0 Å². The average molecular weight is 359 g/mol. The van der Waals surface area contributed by atoms with Crippen LogP contribution in [0.15, 0.2) is 48.5 Å². The molecule has 0 aromatic heterocycles. The number of rotatable bonds is 9. The number of nitriles is 1. The van der Waals surface area contributed by atoms with E-state index in [1.54, 1.807) is 6.07 Å². The lowest BCUT2D eigenvalue weighted by Gasteiger charge is -2.10. The summed E-state index contributed by atoms with van der Waals surface area (Å²) in [5.41, 5.74) is 2.49. The number of nitrogens with zero attached hydrogens (tertiary/aromatic N) is 1. The number of hydrogen-bond donors (Lipinski definition) is 2. The second-order valence-corrected chi connectivity index (χ2v) is 7.38. The summed E-state index contributed by atoms with van der Waals surface area (Å²) in [4.78, 5) is 0. The molecule has 2 N–H and O–H groups in total. The Morgan fingerprint density at radius 1 is 1.12 bits per heavy atom. The van der Waals surface area contributed by atoms with E-state index >= 15 is 0 Å². The molecule has 0 bridgehead atoms. The van der Waals surface area contributed by atoms with Gasteiger partial charge in [-0.3, -0.25) is 0 Å². The molecule has 0 fully saturated rings. The Bertz CT molecular complexity index is 845. The molecule has 0 saturated carbocycles. The predicted molar refractivity (Wildman–Crippen MR) is 96.5 cm³/mol. The molecule has 7 heteroatoms. The van der Waals surface area contributed by atoms with E-state index in [1.807, 2.05) is 42.5 Å². The maximum absolute atomic E-state index is 11.0. The van der Waals surface area contributed by atoms with E-state index in [4.69, 9.17) is 10.00 Å². The molecule has 0 unspecified atom stereocenters. The number of benzene rings is 2. The van der Waals surface area contributed by atoms with Crippen molar-refractivity contribution in [3.05, 3.63) is 65.2 Å². The molecule has 0 atom stereocenters. The SMILES string of the molecule is CS(=O)(=O)NCCNCc1cccc(OCc2ccccc2C#N)c1. The molecule has 0 radical (unpaired) electrons. The van der Waals surface area contributed by atoms with E-state index in [2.05, 4.69) is 16.1 Å². The van der Waals surface area contributed by atoms with Crippen LogP contribution < -0.4 is 14.8 Å². The van der Waals surface area contributed by atoms with Gasteiger partial charge in [-0.1, -0.05) is 30.3 Å². The van der Waals surface area contributed by atoms with Gasteiger partial charge in [0.15, 0.2) is 0 Å². The van der Waals surface area contributed by atoms with Crippen molar-refractivity contribution < 1.29 is 13.2 Å². The van der Waals surface area contributed by atoms with Gasteiger partial charge in [0.1, 0.15) is 12.4 Å². The standard InChI is InChI=1S/C18H21N3O3S/c1-25(22,23)21-10-9-20-13-15-5-4-8-18(11-15)24-14-17-7-3-2-6-16(17)12-19/h2-8,11,20-21H,9-10,13-14H2,1H3. The van der Waals surface area contributed by atoms with Gasteiger partial charge >= 0.3 is 0 Å². The largest absolute Gasteiger partial charge is 0.489 e. The Hall–Kier alpha value is -2.40. The number of sulfonamides is 1. The van der Waals surface area contributed by atoms with Crippen molar-refractivity contribution in [2.24, 2.45) is 0 Å². The summed E-state index contributed by atoms with van der Waals surface area (Å²) >= 11 is 0. The fourth-order valence-corrected chi connectivity index (χ4v) is 2.69. The van der Waals surface area contributed by atoms with E-state index in [1.165, 1.54) is 0 Å². The zero-order valence-corrected chi connectivity index (χ0v) is 14.8. The third-order valence-electron chi connectivity index (χ3n) is 3.43. The summed E-state index contributed by atoms with van der Waals surface area (Å²) in [5.74, 6) is 0.723. The number of ether oxygens (including phenoxy) is 1. The summed E-state index contributed by atoms with van der Waals surface area (Å²) < 4.78 is 30.1. The highest BCUT2D eigenvalue weighted by Crippen LogP contribution is 2.16. The molecule has 25 heavy (non-hydrogen) atoms. The summed E-state index contributed by atoms with van der Waals surface area (Å²) in [6.45, 7) is 1.82. The highest BCUT2D eigenvalue weighted by atomic mass is 32.2. The third kappa shape index (κ3) is 6.93. The van der Waals surface area contributed by atoms with Gasteiger partial charge in [-0.05, 0) is 23.8 Å².